The number of esters is 1. The first-order valence-electron chi connectivity index (χ1n) is 7.85. The minimum Gasteiger partial charge on any atom is -0.469 e. The molecule has 0 radical (unpaired) electrons. The van der Waals surface area contributed by atoms with E-state index in [-0.39, 0.29) is 12.4 Å². The number of ether oxygens (including phenoxy) is 2. The van der Waals surface area contributed by atoms with Gasteiger partial charge in [-0.3, -0.25) is 9.79 Å². The van der Waals surface area contributed by atoms with Crippen molar-refractivity contribution in [1.82, 2.24) is 0 Å². The molecule has 2 unspecified atom stereocenters. The summed E-state index contributed by atoms with van der Waals surface area (Å²) in [4.78, 5) is 16.3. The van der Waals surface area contributed by atoms with Crippen LogP contribution in [0.5, 0.6) is 0 Å². The summed E-state index contributed by atoms with van der Waals surface area (Å²) in [5, 5.41) is 0. The van der Waals surface area contributed by atoms with Crippen molar-refractivity contribution in [3.05, 3.63) is 77.9 Å². The van der Waals surface area contributed by atoms with Gasteiger partial charge in [-0.1, -0.05) is 66.7 Å². The van der Waals surface area contributed by atoms with Gasteiger partial charge in [-0.05, 0) is 17.2 Å². The molecule has 0 N–H and O–H groups in total. The third kappa shape index (κ3) is 3.97. The van der Waals surface area contributed by atoms with E-state index in [0.717, 1.165) is 16.8 Å². The van der Waals surface area contributed by atoms with Crippen LogP contribution in [0.3, 0.4) is 0 Å². The van der Waals surface area contributed by atoms with Crippen molar-refractivity contribution in [2.24, 2.45) is 4.99 Å². The van der Waals surface area contributed by atoms with E-state index in [0.29, 0.717) is 0 Å². The summed E-state index contributed by atoms with van der Waals surface area (Å²) < 4.78 is 10.7. The highest BCUT2D eigenvalue weighted by Crippen LogP contribution is 2.22. The van der Waals surface area contributed by atoms with Crippen LogP contribution in [-0.2, 0) is 14.3 Å². The summed E-state index contributed by atoms with van der Waals surface area (Å²) >= 11 is 0. The molecule has 0 aliphatic carbocycles. The molecule has 0 spiro atoms. The average Bonchev–Trinajstić information content (AvgIpc) is 3.04. The van der Waals surface area contributed by atoms with Crippen LogP contribution < -0.4 is 0 Å². The molecule has 0 aromatic heterocycles. The highest BCUT2D eigenvalue weighted by Gasteiger charge is 2.30. The van der Waals surface area contributed by atoms with Crippen LogP contribution in [0.25, 0.3) is 6.08 Å². The molecule has 24 heavy (non-hydrogen) atoms. The van der Waals surface area contributed by atoms with Gasteiger partial charge in [-0.15, -0.1) is 0 Å². The predicted molar refractivity (Wildman–Crippen MR) is 93.7 cm³/mol. The molecule has 1 aliphatic rings. The molecule has 2 atom stereocenters. The van der Waals surface area contributed by atoms with Crippen molar-refractivity contribution in [1.29, 1.82) is 0 Å². The summed E-state index contributed by atoms with van der Waals surface area (Å²) in [6, 6.07) is 19.7. The highest BCUT2D eigenvalue weighted by atomic mass is 16.5. The Morgan fingerprint density at radius 1 is 1.12 bits per heavy atom. The maximum absolute atomic E-state index is 11.7. The largest absolute Gasteiger partial charge is 0.469 e. The lowest BCUT2D eigenvalue weighted by Gasteiger charge is -2.12. The summed E-state index contributed by atoms with van der Waals surface area (Å²) in [5.74, 6) is -0.309. The molecule has 4 heteroatoms. The lowest BCUT2D eigenvalue weighted by Crippen LogP contribution is -2.24. The molecular formula is C20H19NO3. The zero-order valence-corrected chi connectivity index (χ0v) is 13.5. The molecule has 2 aromatic carbocycles. The number of carbonyl (C=O) groups excluding carboxylic acids is 1. The second kappa shape index (κ2) is 7.70. The minimum atomic E-state index is -0.407. The lowest BCUT2D eigenvalue weighted by atomic mass is 10.0. The number of nitrogens with zero attached hydrogens (tertiary/aromatic N) is 1. The Labute approximate surface area is 141 Å². The first-order chi connectivity index (χ1) is 11.8. The predicted octanol–water partition coefficient (Wildman–Crippen LogP) is 3.48. The van der Waals surface area contributed by atoms with Crippen molar-refractivity contribution in [2.75, 3.05) is 7.11 Å². The normalized spacial score (nSPS) is 20.1. The molecule has 122 valence electrons. The van der Waals surface area contributed by atoms with Crippen LogP contribution in [-0.4, -0.2) is 31.1 Å². The molecular weight excluding hydrogens is 302 g/mol. The SMILES string of the molecule is COC(=O)CC1OC(/C=C\c2ccccc2)N=C1c1ccccc1. The first kappa shape index (κ1) is 16.1. The number of methoxy groups -OCH3 is 1. The van der Waals surface area contributed by atoms with E-state index in [9.17, 15) is 4.79 Å². The van der Waals surface area contributed by atoms with E-state index in [1.165, 1.54) is 7.11 Å². The van der Waals surface area contributed by atoms with Gasteiger partial charge in [0.25, 0.3) is 0 Å². The summed E-state index contributed by atoms with van der Waals surface area (Å²) in [6.45, 7) is 0. The van der Waals surface area contributed by atoms with E-state index in [1.54, 1.807) is 0 Å². The molecule has 0 saturated carbocycles. The summed E-state index contributed by atoms with van der Waals surface area (Å²) in [6.07, 6.45) is 3.22. The first-order valence-corrected chi connectivity index (χ1v) is 7.85. The summed E-state index contributed by atoms with van der Waals surface area (Å²) in [7, 11) is 1.38. The van der Waals surface area contributed by atoms with Crippen molar-refractivity contribution in [2.45, 2.75) is 18.8 Å². The topological polar surface area (TPSA) is 47.9 Å². The number of aliphatic imine (C=N–C) groups is 1. The smallest absolute Gasteiger partial charge is 0.308 e. The Hall–Kier alpha value is -2.72. The van der Waals surface area contributed by atoms with Gasteiger partial charge in [-0.2, -0.15) is 0 Å². The van der Waals surface area contributed by atoms with E-state index in [1.807, 2.05) is 72.8 Å². The van der Waals surface area contributed by atoms with Gasteiger partial charge in [0.05, 0.1) is 19.2 Å². The third-order valence-electron chi connectivity index (χ3n) is 3.78. The van der Waals surface area contributed by atoms with Gasteiger partial charge in [0.15, 0.2) is 6.23 Å². The van der Waals surface area contributed by atoms with Crippen molar-refractivity contribution in [3.63, 3.8) is 0 Å². The third-order valence-corrected chi connectivity index (χ3v) is 3.78. The average molecular weight is 321 g/mol. The van der Waals surface area contributed by atoms with E-state index in [4.69, 9.17) is 9.47 Å². The molecule has 0 bridgehead atoms. The fraction of sp³-hybridized carbons (Fsp3) is 0.200. The number of hydrogen-bond donors (Lipinski definition) is 0. The van der Waals surface area contributed by atoms with Gasteiger partial charge >= 0.3 is 5.97 Å². The standard InChI is InChI=1S/C20H19NO3/c1-23-19(22)14-17-20(16-10-6-3-7-11-16)21-18(24-17)13-12-15-8-4-2-5-9-15/h2-13,17-18H,14H2,1H3/b13-12-. The maximum Gasteiger partial charge on any atom is 0.308 e. The zero-order chi connectivity index (χ0) is 16.8. The molecule has 3 rings (SSSR count). The van der Waals surface area contributed by atoms with Gasteiger partial charge in [-0.25, -0.2) is 0 Å². The second-order valence-corrected chi connectivity index (χ2v) is 5.45. The van der Waals surface area contributed by atoms with E-state index in [2.05, 4.69) is 4.99 Å². The minimum absolute atomic E-state index is 0.153. The monoisotopic (exact) mass is 321 g/mol. The van der Waals surface area contributed by atoms with Gasteiger partial charge < -0.3 is 9.47 Å². The van der Waals surface area contributed by atoms with Gasteiger partial charge in [0, 0.05) is 0 Å². The Morgan fingerprint density at radius 2 is 1.79 bits per heavy atom. The van der Waals surface area contributed by atoms with Crippen molar-refractivity contribution < 1.29 is 14.3 Å². The zero-order valence-electron chi connectivity index (χ0n) is 13.5. The molecule has 1 aliphatic heterocycles. The van der Waals surface area contributed by atoms with Crippen molar-refractivity contribution in [3.8, 4) is 0 Å². The summed E-state index contributed by atoms with van der Waals surface area (Å²) in [5.41, 5.74) is 2.82. The Morgan fingerprint density at radius 3 is 2.46 bits per heavy atom. The van der Waals surface area contributed by atoms with Crippen LogP contribution in [0.15, 0.2) is 71.7 Å². The second-order valence-electron chi connectivity index (χ2n) is 5.45. The molecule has 0 amide bonds. The Balaban J connectivity index is 1.81. The maximum atomic E-state index is 11.7. The van der Waals surface area contributed by atoms with Crippen molar-refractivity contribution >= 4 is 17.8 Å². The fourth-order valence-electron chi connectivity index (χ4n) is 2.58. The van der Waals surface area contributed by atoms with Crippen LogP contribution in [0.2, 0.25) is 0 Å². The van der Waals surface area contributed by atoms with Crippen LogP contribution >= 0.6 is 0 Å². The van der Waals surface area contributed by atoms with Gasteiger partial charge in [0.1, 0.15) is 6.10 Å². The molecule has 4 nitrogen and oxygen atoms in total. The highest BCUT2D eigenvalue weighted by molar-refractivity contribution is 6.06. The Bertz CT molecular complexity index is 738. The lowest BCUT2D eigenvalue weighted by molar-refractivity contribution is -0.142. The molecule has 0 saturated heterocycles. The number of carbonyl (C=O) groups is 1. The number of benzene rings is 2. The number of rotatable bonds is 5. The quantitative estimate of drug-likeness (QED) is 0.792. The van der Waals surface area contributed by atoms with E-state index < -0.39 is 12.3 Å². The molecule has 1 heterocycles. The molecule has 0 fully saturated rings. The Kier molecular flexibility index (Phi) is 5.18. The van der Waals surface area contributed by atoms with Crippen LogP contribution in [0, 0.1) is 0 Å². The fourth-order valence-corrected chi connectivity index (χ4v) is 2.58. The van der Waals surface area contributed by atoms with Gasteiger partial charge in [0.2, 0.25) is 0 Å². The molecule has 2 aromatic rings. The van der Waals surface area contributed by atoms with Crippen LogP contribution in [0.1, 0.15) is 17.5 Å². The number of hydrogen-bond acceptors (Lipinski definition) is 4. The van der Waals surface area contributed by atoms with Crippen LogP contribution in [0.4, 0.5) is 0 Å². The van der Waals surface area contributed by atoms with E-state index >= 15 is 0 Å².